The Balaban J connectivity index is 2.29. The predicted octanol–water partition coefficient (Wildman–Crippen LogP) is 0.633. The third-order valence-corrected chi connectivity index (χ3v) is 4.18. The molecule has 0 saturated carbocycles. The van der Waals surface area contributed by atoms with Crippen molar-refractivity contribution in [3.05, 3.63) is 39.0 Å². The Morgan fingerprint density at radius 3 is 2.62 bits per heavy atom. The molecule has 1 N–H and O–H groups in total. The molecule has 1 aromatic heterocycles. The Labute approximate surface area is 122 Å². The van der Waals surface area contributed by atoms with Crippen LogP contribution in [0.1, 0.15) is 18.9 Å². The predicted molar refractivity (Wildman–Crippen MR) is 81.1 cm³/mol. The Morgan fingerprint density at radius 1 is 1.24 bits per heavy atom. The van der Waals surface area contributed by atoms with Gasteiger partial charge in [-0.05, 0) is 44.1 Å². The van der Waals surface area contributed by atoms with E-state index in [1.807, 2.05) is 0 Å². The third kappa shape index (κ3) is 2.25. The highest BCUT2D eigenvalue weighted by Crippen LogP contribution is 2.19. The van der Waals surface area contributed by atoms with Crippen molar-refractivity contribution in [3.8, 4) is 5.75 Å². The molecule has 3 rings (SSSR count). The molecule has 1 fully saturated rings. The Kier molecular flexibility index (Phi) is 3.55. The minimum Gasteiger partial charge on any atom is -0.497 e. The van der Waals surface area contributed by atoms with E-state index in [1.54, 1.807) is 32.4 Å². The van der Waals surface area contributed by atoms with Crippen LogP contribution >= 0.6 is 0 Å². The van der Waals surface area contributed by atoms with E-state index in [-0.39, 0.29) is 17.3 Å². The van der Waals surface area contributed by atoms with Crippen molar-refractivity contribution in [2.45, 2.75) is 18.9 Å². The molecular weight excluding hydrogens is 270 g/mol. The highest BCUT2D eigenvalue weighted by Gasteiger charge is 2.21. The molecule has 1 saturated heterocycles. The number of rotatable bonds is 2. The van der Waals surface area contributed by atoms with Crippen LogP contribution in [0.5, 0.6) is 5.75 Å². The number of benzene rings is 1. The number of nitrogens with one attached hydrogen (secondary N) is 1. The summed E-state index contributed by atoms with van der Waals surface area (Å²) >= 11 is 0. The number of aromatic nitrogens is 2. The number of fused-ring (bicyclic) bond motifs is 1. The summed E-state index contributed by atoms with van der Waals surface area (Å²) in [5.74, 6) is 0.620. The topological polar surface area (TPSA) is 65.3 Å². The van der Waals surface area contributed by atoms with Crippen LogP contribution in [0.2, 0.25) is 0 Å². The van der Waals surface area contributed by atoms with Crippen LogP contribution in [-0.4, -0.2) is 29.3 Å². The number of piperidine rings is 1. The van der Waals surface area contributed by atoms with E-state index in [1.165, 1.54) is 9.13 Å². The second kappa shape index (κ2) is 5.37. The molecule has 0 aliphatic carbocycles. The third-order valence-electron chi connectivity index (χ3n) is 4.18. The maximum atomic E-state index is 12.7. The highest BCUT2D eigenvalue weighted by atomic mass is 16.5. The molecule has 6 nitrogen and oxygen atoms in total. The maximum absolute atomic E-state index is 12.7. The van der Waals surface area contributed by atoms with Crippen molar-refractivity contribution in [1.82, 2.24) is 14.5 Å². The zero-order chi connectivity index (χ0) is 15.0. The molecule has 6 heteroatoms. The quantitative estimate of drug-likeness (QED) is 0.881. The van der Waals surface area contributed by atoms with Gasteiger partial charge in [-0.25, -0.2) is 4.79 Å². The fraction of sp³-hybridized carbons (Fsp3) is 0.467. The molecule has 0 radical (unpaired) electrons. The van der Waals surface area contributed by atoms with Gasteiger partial charge in [0.15, 0.2) is 0 Å². The lowest BCUT2D eigenvalue weighted by molar-refractivity contribution is 0.347. The number of methoxy groups -OCH3 is 1. The van der Waals surface area contributed by atoms with Gasteiger partial charge in [0, 0.05) is 13.1 Å². The van der Waals surface area contributed by atoms with E-state index in [4.69, 9.17) is 4.74 Å². The van der Waals surface area contributed by atoms with Crippen molar-refractivity contribution in [1.29, 1.82) is 0 Å². The van der Waals surface area contributed by atoms with Gasteiger partial charge in [-0.3, -0.25) is 13.9 Å². The Hall–Kier alpha value is -2.08. The van der Waals surface area contributed by atoms with Crippen LogP contribution < -0.4 is 21.3 Å². The van der Waals surface area contributed by atoms with Gasteiger partial charge in [-0.1, -0.05) is 0 Å². The molecule has 0 unspecified atom stereocenters. The average molecular weight is 289 g/mol. The Morgan fingerprint density at radius 2 is 1.95 bits per heavy atom. The minimum absolute atomic E-state index is 0.0342. The second-order valence-corrected chi connectivity index (χ2v) is 5.38. The monoisotopic (exact) mass is 289 g/mol. The van der Waals surface area contributed by atoms with E-state index < -0.39 is 0 Å². The maximum Gasteiger partial charge on any atom is 0.331 e. The van der Waals surface area contributed by atoms with Crippen molar-refractivity contribution in [2.24, 2.45) is 7.05 Å². The summed E-state index contributed by atoms with van der Waals surface area (Å²) in [6.45, 7) is 1.66. The van der Waals surface area contributed by atoms with Gasteiger partial charge in [-0.2, -0.15) is 0 Å². The highest BCUT2D eigenvalue weighted by molar-refractivity contribution is 5.79. The fourth-order valence-corrected chi connectivity index (χ4v) is 2.97. The standard InChI is InChI=1S/C15H19N3O3/c1-17-13-4-3-11(21-2)9-12(13)14(19)18(15(17)20)10-5-7-16-8-6-10/h3-4,9-10,16H,5-8H2,1-2H3. The van der Waals surface area contributed by atoms with E-state index in [9.17, 15) is 9.59 Å². The van der Waals surface area contributed by atoms with Gasteiger partial charge < -0.3 is 10.1 Å². The van der Waals surface area contributed by atoms with Crippen molar-refractivity contribution < 1.29 is 4.74 Å². The zero-order valence-electron chi connectivity index (χ0n) is 12.3. The van der Waals surface area contributed by atoms with Crippen molar-refractivity contribution >= 4 is 10.9 Å². The van der Waals surface area contributed by atoms with Gasteiger partial charge in [0.05, 0.1) is 18.0 Å². The first kappa shape index (κ1) is 13.9. The van der Waals surface area contributed by atoms with Crippen LogP contribution in [0.15, 0.2) is 27.8 Å². The molecular formula is C15H19N3O3. The minimum atomic E-state index is -0.246. The summed E-state index contributed by atoms with van der Waals surface area (Å²) in [4.78, 5) is 25.3. The summed E-state index contributed by atoms with van der Waals surface area (Å²) in [5.41, 5.74) is 0.166. The van der Waals surface area contributed by atoms with Gasteiger partial charge in [0.2, 0.25) is 0 Å². The molecule has 0 bridgehead atoms. The normalized spacial score (nSPS) is 16.3. The first-order chi connectivity index (χ1) is 10.1. The summed E-state index contributed by atoms with van der Waals surface area (Å²) in [5, 5.41) is 3.77. The molecule has 21 heavy (non-hydrogen) atoms. The summed E-state index contributed by atoms with van der Waals surface area (Å²) in [6.07, 6.45) is 1.59. The smallest absolute Gasteiger partial charge is 0.331 e. The van der Waals surface area contributed by atoms with Crippen LogP contribution in [0, 0.1) is 0 Å². The SMILES string of the molecule is COc1ccc2c(c1)c(=O)n(C1CCNCC1)c(=O)n2C. The van der Waals surface area contributed by atoms with Crippen LogP contribution in [0.4, 0.5) is 0 Å². The second-order valence-electron chi connectivity index (χ2n) is 5.38. The molecule has 2 heterocycles. The molecule has 2 aromatic rings. The average Bonchev–Trinajstić information content (AvgIpc) is 2.53. The lowest BCUT2D eigenvalue weighted by atomic mass is 10.1. The Bertz CT molecular complexity index is 785. The number of ether oxygens (including phenoxy) is 1. The number of nitrogens with zero attached hydrogens (tertiary/aromatic N) is 2. The van der Waals surface area contributed by atoms with Crippen molar-refractivity contribution in [3.63, 3.8) is 0 Å². The largest absolute Gasteiger partial charge is 0.497 e. The molecule has 1 aliphatic rings. The number of aryl methyl sites for hydroxylation is 1. The zero-order valence-corrected chi connectivity index (χ0v) is 12.3. The first-order valence-electron chi connectivity index (χ1n) is 7.13. The number of hydrogen-bond donors (Lipinski definition) is 1. The van der Waals surface area contributed by atoms with Crippen molar-refractivity contribution in [2.75, 3.05) is 20.2 Å². The molecule has 0 spiro atoms. The van der Waals surface area contributed by atoms with Gasteiger partial charge in [-0.15, -0.1) is 0 Å². The number of hydrogen-bond acceptors (Lipinski definition) is 4. The molecule has 112 valence electrons. The van der Waals surface area contributed by atoms with E-state index in [0.29, 0.717) is 16.7 Å². The summed E-state index contributed by atoms with van der Waals surface area (Å²) in [6, 6.07) is 5.18. The van der Waals surface area contributed by atoms with Gasteiger partial charge in [0.25, 0.3) is 5.56 Å². The van der Waals surface area contributed by atoms with Crippen LogP contribution in [-0.2, 0) is 7.05 Å². The molecule has 0 atom stereocenters. The van der Waals surface area contributed by atoms with Gasteiger partial charge >= 0.3 is 5.69 Å². The van der Waals surface area contributed by atoms with Gasteiger partial charge in [0.1, 0.15) is 5.75 Å². The summed E-state index contributed by atoms with van der Waals surface area (Å²) in [7, 11) is 3.27. The molecule has 1 aromatic carbocycles. The van der Waals surface area contributed by atoms with Crippen LogP contribution in [0.25, 0.3) is 10.9 Å². The van der Waals surface area contributed by atoms with E-state index in [0.717, 1.165) is 25.9 Å². The molecule has 0 amide bonds. The molecule has 1 aliphatic heterocycles. The van der Waals surface area contributed by atoms with E-state index >= 15 is 0 Å². The fourth-order valence-electron chi connectivity index (χ4n) is 2.97. The van der Waals surface area contributed by atoms with Crippen LogP contribution in [0.3, 0.4) is 0 Å². The lowest BCUT2D eigenvalue weighted by Gasteiger charge is -2.25. The summed E-state index contributed by atoms with van der Waals surface area (Å²) < 4.78 is 8.13. The van der Waals surface area contributed by atoms with E-state index in [2.05, 4.69) is 5.32 Å². The lowest BCUT2D eigenvalue weighted by Crippen LogP contribution is -2.44. The first-order valence-corrected chi connectivity index (χ1v) is 7.13.